The molecule has 6 nitrogen and oxygen atoms in total. The van der Waals surface area contributed by atoms with E-state index in [1.54, 1.807) is 17.0 Å². The molecule has 0 aromatic heterocycles. The molecule has 0 N–H and O–H groups in total. The summed E-state index contributed by atoms with van der Waals surface area (Å²) in [7, 11) is 0. The molecule has 1 atom stereocenters. The molecule has 0 bridgehead atoms. The zero-order valence-electron chi connectivity index (χ0n) is 11.9. The third-order valence-corrected chi connectivity index (χ3v) is 3.99. The summed E-state index contributed by atoms with van der Waals surface area (Å²) >= 11 is 3.36. The number of alkyl halides is 1. The van der Waals surface area contributed by atoms with E-state index in [0.717, 1.165) is 0 Å². The number of rotatable bonds is 3. The lowest BCUT2D eigenvalue weighted by molar-refractivity contribution is -0.385. The quantitative estimate of drug-likeness (QED) is 0.474. The largest absolute Gasteiger partial charge is 0.368 e. The average Bonchev–Trinajstić information content (AvgIpc) is 2.44. The topological polar surface area (TPSA) is 72.7 Å². The zero-order valence-corrected chi connectivity index (χ0v) is 13.5. The van der Waals surface area contributed by atoms with Crippen LogP contribution in [-0.2, 0) is 4.74 Å². The summed E-state index contributed by atoms with van der Waals surface area (Å²) < 4.78 is 5.84. The first-order valence-electron chi connectivity index (χ1n) is 6.60. The van der Waals surface area contributed by atoms with Gasteiger partial charge in [-0.05, 0) is 19.9 Å². The predicted molar refractivity (Wildman–Crippen MR) is 81.7 cm³/mol. The Hall–Kier alpha value is -1.47. The minimum atomic E-state index is -0.527. The number of amides is 1. The Morgan fingerprint density at radius 2 is 2.19 bits per heavy atom. The number of nitrogens with zero attached hydrogens (tertiary/aromatic N) is 2. The van der Waals surface area contributed by atoms with Crippen molar-refractivity contribution in [3.05, 3.63) is 39.9 Å². The van der Waals surface area contributed by atoms with Crippen molar-refractivity contribution in [1.29, 1.82) is 0 Å². The van der Waals surface area contributed by atoms with Crippen LogP contribution in [0.15, 0.2) is 24.3 Å². The number of morpholine rings is 1. The molecule has 2 rings (SSSR count). The van der Waals surface area contributed by atoms with E-state index >= 15 is 0 Å². The summed E-state index contributed by atoms with van der Waals surface area (Å²) in [6, 6.07) is 6.03. The van der Waals surface area contributed by atoms with E-state index in [0.29, 0.717) is 18.4 Å². The molecular weight excluding hydrogens is 340 g/mol. The molecule has 1 heterocycles. The number of para-hydroxylation sites is 1. The van der Waals surface area contributed by atoms with Crippen LogP contribution in [0.4, 0.5) is 5.69 Å². The predicted octanol–water partition coefficient (Wildman–Crippen LogP) is 2.61. The zero-order chi connectivity index (χ0) is 15.6. The van der Waals surface area contributed by atoms with E-state index < -0.39 is 10.5 Å². The number of benzene rings is 1. The van der Waals surface area contributed by atoms with Crippen LogP contribution in [0.2, 0.25) is 0 Å². The first-order chi connectivity index (χ1) is 9.84. The van der Waals surface area contributed by atoms with Crippen molar-refractivity contribution < 1.29 is 14.5 Å². The Morgan fingerprint density at radius 1 is 1.52 bits per heavy atom. The van der Waals surface area contributed by atoms with E-state index in [1.807, 2.05) is 13.8 Å². The van der Waals surface area contributed by atoms with Gasteiger partial charge in [0.1, 0.15) is 5.56 Å². The summed E-state index contributed by atoms with van der Waals surface area (Å²) in [5.41, 5.74) is -0.522. The van der Waals surface area contributed by atoms with Crippen LogP contribution in [0.3, 0.4) is 0 Å². The van der Waals surface area contributed by atoms with Gasteiger partial charge in [0.15, 0.2) is 0 Å². The minimum Gasteiger partial charge on any atom is -0.368 e. The van der Waals surface area contributed by atoms with Crippen LogP contribution in [0.25, 0.3) is 0 Å². The molecule has 1 saturated heterocycles. The second kappa shape index (κ2) is 6.11. The molecule has 1 unspecified atom stereocenters. The fourth-order valence-electron chi connectivity index (χ4n) is 2.51. The summed E-state index contributed by atoms with van der Waals surface area (Å²) in [5.74, 6) is -0.329. The van der Waals surface area contributed by atoms with Crippen LogP contribution in [-0.4, -0.2) is 45.9 Å². The minimum absolute atomic E-state index is 0.119. The number of ether oxygens (including phenoxy) is 1. The molecule has 0 radical (unpaired) electrons. The highest BCUT2D eigenvalue weighted by Crippen LogP contribution is 2.26. The van der Waals surface area contributed by atoms with E-state index in [1.165, 1.54) is 12.1 Å². The Balaban J connectivity index is 2.29. The molecule has 1 aliphatic heterocycles. The Labute approximate surface area is 131 Å². The van der Waals surface area contributed by atoms with E-state index in [2.05, 4.69) is 15.9 Å². The van der Waals surface area contributed by atoms with E-state index in [-0.39, 0.29) is 23.3 Å². The smallest absolute Gasteiger partial charge is 0.282 e. The summed E-state index contributed by atoms with van der Waals surface area (Å²) in [4.78, 5) is 24.8. The maximum atomic E-state index is 12.6. The third kappa shape index (κ3) is 3.59. The molecule has 0 aliphatic carbocycles. The normalized spacial score (nSPS) is 21.1. The van der Waals surface area contributed by atoms with Crippen molar-refractivity contribution in [3.8, 4) is 0 Å². The molecule has 0 saturated carbocycles. The molecule has 1 amide bonds. The van der Waals surface area contributed by atoms with Gasteiger partial charge in [-0.25, -0.2) is 0 Å². The Bertz CT molecular complexity index is 562. The number of hydrogen-bond donors (Lipinski definition) is 0. The molecule has 1 aromatic carbocycles. The van der Waals surface area contributed by atoms with Gasteiger partial charge in [-0.15, -0.1) is 0 Å². The number of nitro groups is 1. The average molecular weight is 357 g/mol. The molecular formula is C14H17BrN2O4. The van der Waals surface area contributed by atoms with Gasteiger partial charge in [0.2, 0.25) is 0 Å². The van der Waals surface area contributed by atoms with Crippen molar-refractivity contribution in [3.63, 3.8) is 0 Å². The molecule has 1 aromatic rings. The van der Waals surface area contributed by atoms with Crippen LogP contribution < -0.4 is 0 Å². The van der Waals surface area contributed by atoms with Gasteiger partial charge >= 0.3 is 0 Å². The second-order valence-corrected chi connectivity index (χ2v) is 6.26. The van der Waals surface area contributed by atoms with Gasteiger partial charge in [0, 0.05) is 24.5 Å². The van der Waals surface area contributed by atoms with Crippen molar-refractivity contribution >= 4 is 27.5 Å². The van der Waals surface area contributed by atoms with Gasteiger partial charge in [0.05, 0.1) is 16.6 Å². The number of carbonyl (C=O) groups is 1. The lowest BCUT2D eigenvalue weighted by atomic mass is 10.0. The van der Waals surface area contributed by atoms with Crippen LogP contribution in [0, 0.1) is 10.1 Å². The molecule has 0 spiro atoms. The number of carbonyl (C=O) groups excluding carboxylic acids is 1. The maximum Gasteiger partial charge on any atom is 0.282 e. The summed E-state index contributed by atoms with van der Waals surface area (Å²) in [6.45, 7) is 4.63. The van der Waals surface area contributed by atoms with Crippen LogP contribution >= 0.6 is 15.9 Å². The van der Waals surface area contributed by atoms with Crippen molar-refractivity contribution in [2.45, 2.75) is 25.6 Å². The lowest BCUT2D eigenvalue weighted by Crippen LogP contribution is -2.55. The van der Waals surface area contributed by atoms with E-state index in [9.17, 15) is 14.9 Å². The second-order valence-electron chi connectivity index (χ2n) is 5.61. The standard InChI is InChI=1S/C14H17BrN2O4/c1-14(2)9-16(8-10(7-15)21-14)13(18)11-5-3-4-6-12(11)17(19)20/h3-6,10H,7-9H2,1-2H3. The first kappa shape index (κ1) is 15.9. The van der Waals surface area contributed by atoms with E-state index in [4.69, 9.17) is 4.74 Å². The van der Waals surface area contributed by atoms with Crippen LogP contribution in [0.5, 0.6) is 0 Å². The van der Waals surface area contributed by atoms with Gasteiger partial charge in [-0.1, -0.05) is 28.1 Å². The highest BCUT2D eigenvalue weighted by Gasteiger charge is 2.36. The third-order valence-electron chi connectivity index (χ3n) is 3.27. The van der Waals surface area contributed by atoms with Gasteiger partial charge < -0.3 is 9.64 Å². The first-order valence-corrected chi connectivity index (χ1v) is 7.72. The summed E-state index contributed by atoms with van der Waals surface area (Å²) in [6.07, 6.45) is -0.125. The molecule has 21 heavy (non-hydrogen) atoms. The summed E-state index contributed by atoms with van der Waals surface area (Å²) in [5, 5.41) is 11.7. The van der Waals surface area contributed by atoms with Crippen molar-refractivity contribution in [2.75, 3.05) is 18.4 Å². The van der Waals surface area contributed by atoms with Crippen molar-refractivity contribution in [2.24, 2.45) is 0 Å². The highest BCUT2D eigenvalue weighted by atomic mass is 79.9. The molecule has 1 fully saturated rings. The highest BCUT2D eigenvalue weighted by molar-refractivity contribution is 9.09. The number of hydrogen-bond acceptors (Lipinski definition) is 4. The molecule has 1 aliphatic rings. The number of halogens is 1. The Kier molecular flexibility index (Phi) is 4.63. The fraction of sp³-hybridized carbons (Fsp3) is 0.500. The lowest BCUT2D eigenvalue weighted by Gasteiger charge is -2.42. The molecule has 114 valence electrons. The van der Waals surface area contributed by atoms with Gasteiger partial charge in [-0.2, -0.15) is 0 Å². The number of nitro benzene ring substituents is 1. The van der Waals surface area contributed by atoms with Gasteiger partial charge in [-0.3, -0.25) is 14.9 Å². The van der Waals surface area contributed by atoms with Crippen molar-refractivity contribution in [1.82, 2.24) is 4.90 Å². The van der Waals surface area contributed by atoms with Crippen LogP contribution in [0.1, 0.15) is 24.2 Å². The Morgan fingerprint density at radius 3 is 2.81 bits per heavy atom. The maximum absolute atomic E-state index is 12.6. The molecule has 7 heteroatoms. The fourth-order valence-corrected chi connectivity index (χ4v) is 2.85. The monoisotopic (exact) mass is 356 g/mol. The SMILES string of the molecule is CC1(C)CN(C(=O)c2ccccc2[N+](=O)[O-])CC(CBr)O1. The van der Waals surface area contributed by atoms with Gasteiger partial charge in [0.25, 0.3) is 11.6 Å².